The maximum Gasteiger partial charge on any atom is 0.341 e. The van der Waals surface area contributed by atoms with Crippen molar-refractivity contribution in [3.8, 4) is 0 Å². The highest BCUT2D eigenvalue weighted by molar-refractivity contribution is 7.17. The van der Waals surface area contributed by atoms with E-state index in [1.165, 1.54) is 18.4 Å². The number of carbonyl (C=O) groups is 2. The molecule has 0 aromatic carbocycles. The van der Waals surface area contributed by atoms with Gasteiger partial charge in [0, 0.05) is 4.88 Å². The van der Waals surface area contributed by atoms with Crippen LogP contribution in [0.5, 0.6) is 0 Å². The molecule has 2 heterocycles. The van der Waals surface area contributed by atoms with Gasteiger partial charge in [-0.15, -0.1) is 11.3 Å². The lowest BCUT2D eigenvalue weighted by molar-refractivity contribution is -0.117. The summed E-state index contributed by atoms with van der Waals surface area (Å²) < 4.78 is 4.96. The Bertz CT molecular complexity index is 591. The lowest BCUT2D eigenvalue weighted by Gasteiger charge is -2.14. The molecule has 0 bridgehead atoms. The second-order valence-electron chi connectivity index (χ2n) is 6.29. The van der Waals surface area contributed by atoms with Crippen LogP contribution in [0.25, 0.3) is 0 Å². The topological polar surface area (TPSA) is 58.6 Å². The highest BCUT2D eigenvalue weighted by Crippen LogP contribution is 2.37. The van der Waals surface area contributed by atoms with Gasteiger partial charge in [-0.05, 0) is 57.2 Å². The predicted octanol–water partition coefficient (Wildman–Crippen LogP) is 2.84. The molecule has 6 heteroatoms. The molecule has 126 valence electrons. The Morgan fingerprint density at radius 1 is 1.13 bits per heavy atom. The first-order chi connectivity index (χ1) is 11.2. The minimum atomic E-state index is -0.333. The molecular formula is C17H24N2O3S. The molecule has 3 rings (SSSR count). The molecular weight excluding hydrogens is 312 g/mol. The smallest absolute Gasteiger partial charge is 0.341 e. The fraction of sp³-hybridized carbons (Fsp3) is 0.647. The Morgan fingerprint density at radius 3 is 2.61 bits per heavy atom. The quantitative estimate of drug-likeness (QED) is 0.678. The summed E-state index contributed by atoms with van der Waals surface area (Å²) in [4.78, 5) is 27.9. The monoisotopic (exact) mass is 336 g/mol. The molecule has 1 fully saturated rings. The third kappa shape index (κ3) is 3.75. The van der Waals surface area contributed by atoms with E-state index in [1.54, 1.807) is 11.3 Å². The van der Waals surface area contributed by atoms with Gasteiger partial charge in [-0.1, -0.05) is 6.42 Å². The number of likely N-dealkylation sites (tertiary alicyclic amines) is 1. The predicted molar refractivity (Wildman–Crippen MR) is 91.2 cm³/mol. The summed E-state index contributed by atoms with van der Waals surface area (Å²) in [6.45, 7) is 2.37. The first kappa shape index (κ1) is 16.5. The summed E-state index contributed by atoms with van der Waals surface area (Å²) >= 11 is 1.55. The van der Waals surface area contributed by atoms with E-state index in [1.807, 2.05) is 0 Å². The number of amides is 1. The molecule has 0 radical (unpaired) electrons. The number of rotatable bonds is 4. The van der Waals surface area contributed by atoms with E-state index in [2.05, 4.69) is 10.2 Å². The molecule has 1 amide bonds. The van der Waals surface area contributed by atoms with Crippen molar-refractivity contribution in [3.05, 3.63) is 16.0 Å². The molecule has 5 nitrogen and oxygen atoms in total. The first-order valence-electron chi connectivity index (χ1n) is 8.44. The van der Waals surface area contributed by atoms with E-state index in [9.17, 15) is 9.59 Å². The molecule has 23 heavy (non-hydrogen) atoms. The molecule has 1 N–H and O–H groups in total. The highest BCUT2D eigenvalue weighted by Gasteiger charge is 2.26. The number of nitrogens with one attached hydrogen (secondary N) is 1. The number of fused-ring (bicyclic) bond motifs is 1. The van der Waals surface area contributed by atoms with Crippen LogP contribution < -0.4 is 5.32 Å². The molecule has 1 aliphatic heterocycles. The van der Waals surface area contributed by atoms with E-state index < -0.39 is 0 Å². The number of aryl methyl sites for hydroxylation is 1. The minimum absolute atomic E-state index is 0.0338. The van der Waals surface area contributed by atoms with Gasteiger partial charge in [-0.25, -0.2) is 4.79 Å². The zero-order valence-corrected chi connectivity index (χ0v) is 14.5. The van der Waals surface area contributed by atoms with Gasteiger partial charge in [-0.3, -0.25) is 9.69 Å². The summed E-state index contributed by atoms with van der Waals surface area (Å²) in [7, 11) is 1.40. The van der Waals surface area contributed by atoms with Crippen molar-refractivity contribution in [2.75, 3.05) is 32.1 Å². The average molecular weight is 336 g/mol. The standard InChI is InChI=1S/C17H24N2O3S/c1-22-17(21)15-12-7-3-2-4-8-13(12)23-16(15)18-14(20)11-19-9-5-6-10-19/h2-11H2,1H3,(H,18,20). The van der Waals surface area contributed by atoms with Gasteiger partial charge in [0.15, 0.2) is 0 Å². The summed E-state index contributed by atoms with van der Waals surface area (Å²) in [5.74, 6) is -0.366. The molecule has 1 aromatic heterocycles. The summed E-state index contributed by atoms with van der Waals surface area (Å²) in [6.07, 6.45) is 7.65. The van der Waals surface area contributed by atoms with Gasteiger partial charge in [0.05, 0.1) is 19.2 Å². The van der Waals surface area contributed by atoms with Gasteiger partial charge >= 0.3 is 5.97 Å². The maximum atomic E-state index is 12.3. The van der Waals surface area contributed by atoms with Crippen molar-refractivity contribution >= 4 is 28.2 Å². The van der Waals surface area contributed by atoms with Crippen LogP contribution in [0.15, 0.2) is 0 Å². The Morgan fingerprint density at radius 2 is 1.87 bits per heavy atom. The first-order valence-corrected chi connectivity index (χ1v) is 9.25. The number of ether oxygens (including phenoxy) is 1. The summed E-state index contributed by atoms with van der Waals surface area (Å²) in [5, 5.41) is 3.64. The van der Waals surface area contributed by atoms with Crippen molar-refractivity contribution in [1.82, 2.24) is 4.90 Å². The second kappa shape index (κ2) is 7.45. The Labute approximate surface area is 141 Å². The molecule has 2 aliphatic rings. The Balaban J connectivity index is 1.79. The molecule has 0 unspecified atom stereocenters. The highest BCUT2D eigenvalue weighted by atomic mass is 32.1. The third-order valence-corrected chi connectivity index (χ3v) is 5.84. The zero-order chi connectivity index (χ0) is 16.2. The SMILES string of the molecule is COC(=O)c1c(NC(=O)CN2CCCC2)sc2c1CCCCC2. The summed E-state index contributed by atoms with van der Waals surface area (Å²) in [5.41, 5.74) is 1.68. The van der Waals surface area contributed by atoms with Gasteiger partial charge in [-0.2, -0.15) is 0 Å². The lowest BCUT2D eigenvalue weighted by atomic mass is 10.1. The number of hydrogen-bond donors (Lipinski definition) is 1. The van der Waals surface area contributed by atoms with Crippen molar-refractivity contribution < 1.29 is 14.3 Å². The van der Waals surface area contributed by atoms with E-state index in [-0.39, 0.29) is 11.9 Å². The van der Waals surface area contributed by atoms with E-state index in [0.717, 1.165) is 57.2 Å². The number of hydrogen-bond acceptors (Lipinski definition) is 5. The normalized spacial score (nSPS) is 18.3. The Kier molecular flexibility index (Phi) is 5.33. The fourth-order valence-corrected chi connectivity index (χ4v) is 4.75. The van der Waals surface area contributed by atoms with Gasteiger partial charge in [0.1, 0.15) is 5.00 Å². The number of carbonyl (C=O) groups excluding carboxylic acids is 2. The van der Waals surface area contributed by atoms with E-state index in [0.29, 0.717) is 17.1 Å². The van der Waals surface area contributed by atoms with Crippen molar-refractivity contribution in [2.45, 2.75) is 44.9 Å². The van der Waals surface area contributed by atoms with Crippen molar-refractivity contribution in [2.24, 2.45) is 0 Å². The van der Waals surface area contributed by atoms with Crippen LogP contribution in [0.3, 0.4) is 0 Å². The zero-order valence-electron chi connectivity index (χ0n) is 13.7. The van der Waals surface area contributed by atoms with Crippen molar-refractivity contribution in [3.63, 3.8) is 0 Å². The Hall–Kier alpha value is -1.40. The van der Waals surface area contributed by atoms with Crippen LogP contribution in [0.2, 0.25) is 0 Å². The molecule has 0 saturated carbocycles. The molecule has 1 aromatic rings. The number of nitrogens with zero attached hydrogens (tertiary/aromatic N) is 1. The number of anilines is 1. The van der Waals surface area contributed by atoms with Gasteiger partial charge < -0.3 is 10.1 Å². The van der Waals surface area contributed by atoms with Crippen LogP contribution in [-0.4, -0.2) is 43.5 Å². The van der Waals surface area contributed by atoms with Crippen LogP contribution >= 0.6 is 11.3 Å². The maximum absolute atomic E-state index is 12.3. The van der Waals surface area contributed by atoms with Gasteiger partial charge in [0.25, 0.3) is 0 Å². The largest absolute Gasteiger partial charge is 0.465 e. The molecule has 1 aliphatic carbocycles. The second-order valence-corrected chi connectivity index (χ2v) is 7.40. The lowest BCUT2D eigenvalue weighted by Crippen LogP contribution is -2.31. The van der Waals surface area contributed by atoms with E-state index >= 15 is 0 Å². The molecule has 0 spiro atoms. The van der Waals surface area contributed by atoms with Crippen LogP contribution in [0.1, 0.15) is 52.9 Å². The number of thiophene rings is 1. The van der Waals surface area contributed by atoms with Crippen molar-refractivity contribution in [1.29, 1.82) is 0 Å². The number of esters is 1. The average Bonchev–Trinajstić information content (AvgIpc) is 3.09. The molecule has 1 saturated heterocycles. The minimum Gasteiger partial charge on any atom is -0.465 e. The van der Waals surface area contributed by atoms with E-state index in [4.69, 9.17) is 4.74 Å². The molecule has 0 atom stereocenters. The summed E-state index contributed by atoms with van der Waals surface area (Å²) in [6, 6.07) is 0. The van der Waals surface area contributed by atoms with Crippen LogP contribution in [0.4, 0.5) is 5.00 Å². The third-order valence-electron chi connectivity index (χ3n) is 4.63. The number of methoxy groups -OCH3 is 1. The van der Waals surface area contributed by atoms with Crippen LogP contribution in [-0.2, 0) is 22.4 Å². The fourth-order valence-electron chi connectivity index (χ4n) is 3.46. The van der Waals surface area contributed by atoms with Crippen LogP contribution in [0, 0.1) is 0 Å². The van der Waals surface area contributed by atoms with Gasteiger partial charge in [0.2, 0.25) is 5.91 Å².